The largest absolute Gasteiger partial charge is 0.390 e. The van der Waals surface area contributed by atoms with E-state index in [1.54, 1.807) is 12.1 Å². The van der Waals surface area contributed by atoms with E-state index in [9.17, 15) is 8.42 Å². The standard InChI is InChI=1S/C7H8O3S.C6H14N2O2/c1-6-2-4-7(5-3-6)11(8,9)10;9-5-1-7-3-6(10)4-8-2-5/h2-5H,1H3,(H,8,9,10);5-10H,1-4H2. The van der Waals surface area contributed by atoms with Crippen molar-refractivity contribution in [2.24, 2.45) is 0 Å². The van der Waals surface area contributed by atoms with Crippen LogP contribution in [0.25, 0.3) is 0 Å². The summed E-state index contributed by atoms with van der Waals surface area (Å²) in [5.41, 5.74) is 0.956. The Hall–Kier alpha value is -1.03. The lowest BCUT2D eigenvalue weighted by molar-refractivity contribution is 0.117. The lowest BCUT2D eigenvalue weighted by Crippen LogP contribution is -2.46. The van der Waals surface area contributed by atoms with Crippen molar-refractivity contribution in [1.29, 1.82) is 0 Å². The molecule has 1 aliphatic rings. The van der Waals surface area contributed by atoms with E-state index in [2.05, 4.69) is 10.6 Å². The van der Waals surface area contributed by atoms with Crippen molar-refractivity contribution in [3.05, 3.63) is 29.8 Å². The molecule has 1 fully saturated rings. The van der Waals surface area contributed by atoms with Crippen LogP contribution < -0.4 is 10.6 Å². The Balaban J connectivity index is 0.000000211. The molecule has 1 aliphatic heterocycles. The summed E-state index contributed by atoms with van der Waals surface area (Å²) >= 11 is 0. The number of nitrogens with one attached hydrogen (secondary N) is 2. The van der Waals surface area contributed by atoms with Crippen molar-refractivity contribution < 1.29 is 23.2 Å². The molecular formula is C13H22N2O5S. The Morgan fingerprint density at radius 3 is 1.67 bits per heavy atom. The van der Waals surface area contributed by atoms with Gasteiger partial charge in [-0.05, 0) is 19.1 Å². The Morgan fingerprint density at radius 1 is 0.952 bits per heavy atom. The van der Waals surface area contributed by atoms with Crippen LogP contribution in [0.5, 0.6) is 0 Å². The van der Waals surface area contributed by atoms with Crippen LogP contribution in [-0.4, -0.2) is 61.6 Å². The minimum atomic E-state index is -4.02. The first-order valence-corrected chi connectivity index (χ1v) is 8.05. The Kier molecular flexibility index (Phi) is 7.23. The predicted octanol–water partition coefficient (Wildman–Crippen LogP) is -0.857. The minimum Gasteiger partial charge on any atom is -0.390 e. The molecule has 7 nitrogen and oxygen atoms in total. The summed E-state index contributed by atoms with van der Waals surface area (Å²) in [7, 11) is -4.02. The number of aliphatic hydroxyl groups is 2. The quantitative estimate of drug-likeness (QED) is 0.428. The first kappa shape index (κ1) is 18.0. The smallest absolute Gasteiger partial charge is 0.294 e. The van der Waals surface area contributed by atoms with Crippen molar-refractivity contribution in [1.82, 2.24) is 10.6 Å². The number of hydrogen-bond donors (Lipinski definition) is 5. The molecule has 120 valence electrons. The van der Waals surface area contributed by atoms with Crippen LogP contribution in [0.3, 0.4) is 0 Å². The highest BCUT2D eigenvalue weighted by atomic mass is 32.2. The van der Waals surface area contributed by atoms with Crippen LogP contribution in [-0.2, 0) is 10.1 Å². The van der Waals surface area contributed by atoms with E-state index < -0.39 is 10.1 Å². The summed E-state index contributed by atoms with van der Waals surface area (Å²) in [6, 6.07) is 5.99. The molecule has 1 saturated heterocycles. The van der Waals surface area contributed by atoms with Crippen molar-refractivity contribution in [3.8, 4) is 0 Å². The fourth-order valence-electron chi connectivity index (χ4n) is 1.69. The molecule has 1 heterocycles. The summed E-state index contributed by atoms with van der Waals surface area (Å²) in [6.07, 6.45) is -0.653. The molecule has 8 heteroatoms. The van der Waals surface area contributed by atoms with Gasteiger partial charge >= 0.3 is 0 Å². The van der Waals surface area contributed by atoms with E-state index in [0.29, 0.717) is 26.2 Å². The fraction of sp³-hybridized carbons (Fsp3) is 0.538. The third-order valence-electron chi connectivity index (χ3n) is 2.84. The van der Waals surface area contributed by atoms with E-state index >= 15 is 0 Å². The lowest BCUT2D eigenvalue weighted by Gasteiger charge is -2.20. The average Bonchev–Trinajstić information content (AvgIpc) is 2.37. The van der Waals surface area contributed by atoms with Gasteiger partial charge in [-0.3, -0.25) is 4.55 Å². The molecule has 0 amide bonds. The van der Waals surface area contributed by atoms with Crippen LogP contribution in [0.15, 0.2) is 29.2 Å². The molecule has 0 spiro atoms. The Morgan fingerprint density at radius 2 is 1.33 bits per heavy atom. The van der Waals surface area contributed by atoms with Gasteiger partial charge < -0.3 is 20.8 Å². The van der Waals surface area contributed by atoms with E-state index in [0.717, 1.165) is 5.56 Å². The highest BCUT2D eigenvalue weighted by molar-refractivity contribution is 7.85. The van der Waals surface area contributed by atoms with Crippen LogP contribution >= 0.6 is 0 Å². The Bertz CT molecular complexity index is 498. The van der Waals surface area contributed by atoms with Gasteiger partial charge in [-0.2, -0.15) is 8.42 Å². The van der Waals surface area contributed by atoms with E-state index in [1.165, 1.54) is 12.1 Å². The number of hydrogen-bond acceptors (Lipinski definition) is 6. The molecule has 0 saturated carbocycles. The molecule has 1 aromatic carbocycles. The average molecular weight is 318 g/mol. The van der Waals surface area contributed by atoms with Gasteiger partial charge in [0.1, 0.15) is 0 Å². The SMILES string of the molecule is Cc1ccc(S(=O)(=O)O)cc1.OC1CNCC(O)CNC1. The van der Waals surface area contributed by atoms with Crippen molar-refractivity contribution in [2.45, 2.75) is 24.0 Å². The summed E-state index contributed by atoms with van der Waals surface area (Å²) < 4.78 is 29.6. The second kappa shape index (κ2) is 8.42. The monoisotopic (exact) mass is 318 g/mol. The zero-order valence-electron chi connectivity index (χ0n) is 11.9. The van der Waals surface area contributed by atoms with E-state index in [-0.39, 0.29) is 17.1 Å². The third kappa shape index (κ3) is 7.51. The highest BCUT2D eigenvalue weighted by Crippen LogP contribution is 2.08. The molecule has 0 aromatic heterocycles. The van der Waals surface area contributed by atoms with Gasteiger partial charge in [-0.1, -0.05) is 17.7 Å². The zero-order valence-corrected chi connectivity index (χ0v) is 12.7. The molecule has 21 heavy (non-hydrogen) atoms. The second-order valence-electron chi connectivity index (χ2n) is 4.91. The molecule has 0 bridgehead atoms. The van der Waals surface area contributed by atoms with Gasteiger partial charge in [-0.25, -0.2) is 0 Å². The van der Waals surface area contributed by atoms with Gasteiger partial charge in [0, 0.05) is 26.2 Å². The highest BCUT2D eigenvalue weighted by Gasteiger charge is 2.10. The third-order valence-corrected chi connectivity index (χ3v) is 3.71. The first-order chi connectivity index (χ1) is 9.79. The van der Waals surface area contributed by atoms with Crippen LogP contribution in [0.4, 0.5) is 0 Å². The molecule has 0 unspecified atom stereocenters. The molecule has 5 N–H and O–H groups in total. The molecular weight excluding hydrogens is 296 g/mol. The van der Waals surface area contributed by atoms with Crippen molar-refractivity contribution in [3.63, 3.8) is 0 Å². The van der Waals surface area contributed by atoms with Gasteiger partial charge in [-0.15, -0.1) is 0 Å². The summed E-state index contributed by atoms with van der Waals surface area (Å²) in [6.45, 7) is 4.08. The molecule has 0 aliphatic carbocycles. The second-order valence-corrected chi connectivity index (χ2v) is 6.33. The first-order valence-electron chi connectivity index (χ1n) is 6.61. The maximum Gasteiger partial charge on any atom is 0.294 e. The number of β-amino-alcohol motifs (C(OH)–C–C–N with tert-alkyl or cyclic N) is 2. The summed E-state index contributed by atoms with van der Waals surface area (Å²) in [5.74, 6) is 0. The molecule has 0 atom stereocenters. The van der Waals surface area contributed by atoms with Gasteiger partial charge in [0.25, 0.3) is 10.1 Å². The van der Waals surface area contributed by atoms with E-state index in [1.807, 2.05) is 6.92 Å². The molecule has 0 radical (unpaired) electrons. The molecule has 1 aromatic rings. The maximum absolute atomic E-state index is 10.5. The maximum atomic E-state index is 10.5. The van der Waals surface area contributed by atoms with Crippen LogP contribution in [0, 0.1) is 6.92 Å². The number of rotatable bonds is 1. The normalized spacial score (nSPS) is 23.4. The van der Waals surface area contributed by atoms with Gasteiger partial charge in [0.2, 0.25) is 0 Å². The summed E-state index contributed by atoms with van der Waals surface area (Å²) in [4.78, 5) is -0.0666. The number of aliphatic hydroxyl groups excluding tert-OH is 2. The topological polar surface area (TPSA) is 119 Å². The van der Waals surface area contributed by atoms with Gasteiger partial charge in [0.15, 0.2) is 0 Å². The van der Waals surface area contributed by atoms with Crippen molar-refractivity contribution in [2.75, 3.05) is 26.2 Å². The Labute approximate surface area is 124 Å². The minimum absolute atomic E-state index is 0.0666. The van der Waals surface area contributed by atoms with Crippen molar-refractivity contribution >= 4 is 10.1 Å². The van der Waals surface area contributed by atoms with Gasteiger partial charge in [0.05, 0.1) is 17.1 Å². The van der Waals surface area contributed by atoms with E-state index in [4.69, 9.17) is 14.8 Å². The predicted molar refractivity (Wildman–Crippen MR) is 78.7 cm³/mol. The lowest BCUT2D eigenvalue weighted by atomic mass is 10.2. The number of benzene rings is 1. The fourth-order valence-corrected chi connectivity index (χ4v) is 2.17. The molecule has 2 rings (SSSR count). The zero-order chi connectivity index (χ0) is 15.9. The summed E-state index contributed by atoms with van der Waals surface area (Å²) in [5, 5.41) is 24.1. The van der Waals surface area contributed by atoms with Crippen LogP contribution in [0.1, 0.15) is 5.56 Å². The number of aryl methyl sites for hydroxylation is 1. The van der Waals surface area contributed by atoms with Crippen LogP contribution in [0.2, 0.25) is 0 Å².